The van der Waals surface area contributed by atoms with Gasteiger partial charge in [-0.05, 0) is 30.3 Å². The Balaban J connectivity index is 1.92. The number of carbonyl (C=O) groups excluding carboxylic acids is 1. The second kappa shape index (κ2) is 6.15. The van der Waals surface area contributed by atoms with Crippen LogP contribution in [-0.2, 0) is 0 Å². The lowest BCUT2D eigenvalue weighted by Crippen LogP contribution is -1.99. The zero-order chi connectivity index (χ0) is 17.4. The molecule has 4 aromatic rings. The molecule has 122 valence electrons. The number of hydrogen-bond donors (Lipinski definition) is 0. The number of fused-ring (bicyclic) bond motifs is 1. The molecule has 0 atom stereocenters. The van der Waals surface area contributed by atoms with Gasteiger partial charge in [0.1, 0.15) is 11.3 Å². The number of pyridine rings is 2. The highest BCUT2D eigenvalue weighted by Crippen LogP contribution is 2.31. The van der Waals surface area contributed by atoms with Crippen LogP contribution in [0.1, 0.15) is 17.4 Å². The van der Waals surface area contributed by atoms with Crippen molar-refractivity contribution in [3.63, 3.8) is 0 Å². The Hall–Kier alpha value is -2.98. The number of aromatic nitrogens is 3. The number of Topliss-reactive ketones (excluding diaryl/α,β-unsaturated/α-hetero) is 1. The highest BCUT2D eigenvalue weighted by Gasteiger charge is 2.12. The first-order valence-electron chi connectivity index (χ1n) is 7.83. The summed E-state index contributed by atoms with van der Waals surface area (Å²) in [5.41, 5.74) is 5.01. The van der Waals surface area contributed by atoms with E-state index in [0.29, 0.717) is 10.7 Å². The van der Waals surface area contributed by atoms with Crippen molar-refractivity contribution in [3.8, 4) is 22.4 Å². The summed E-state index contributed by atoms with van der Waals surface area (Å²) >= 11 is 6.13. The first-order valence-corrected chi connectivity index (χ1v) is 8.20. The average molecular weight is 348 g/mol. The third-order valence-electron chi connectivity index (χ3n) is 4.08. The monoisotopic (exact) mass is 347 g/mol. The normalized spacial score (nSPS) is 11.0. The van der Waals surface area contributed by atoms with Gasteiger partial charge in [0.25, 0.3) is 0 Å². The van der Waals surface area contributed by atoms with Crippen molar-refractivity contribution in [1.82, 2.24) is 14.4 Å². The quantitative estimate of drug-likeness (QED) is 0.494. The van der Waals surface area contributed by atoms with E-state index in [2.05, 4.69) is 9.97 Å². The van der Waals surface area contributed by atoms with Crippen molar-refractivity contribution in [2.45, 2.75) is 6.92 Å². The molecule has 0 aliphatic carbocycles. The molecule has 0 radical (unpaired) electrons. The Labute approximate surface area is 149 Å². The maximum Gasteiger partial charge on any atom is 0.178 e. The van der Waals surface area contributed by atoms with E-state index in [4.69, 9.17) is 11.6 Å². The van der Waals surface area contributed by atoms with Gasteiger partial charge in [-0.25, -0.2) is 4.98 Å². The summed E-state index contributed by atoms with van der Waals surface area (Å²) in [6, 6.07) is 15.4. The van der Waals surface area contributed by atoms with Crippen molar-refractivity contribution in [2.75, 3.05) is 0 Å². The van der Waals surface area contributed by atoms with Crippen molar-refractivity contribution in [2.24, 2.45) is 0 Å². The smallest absolute Gasteiger partial charge is 0.178 e. The number of hydrogen-bond acceptors (Lipinski definition) is 3. The minimum absolute atomic E-state index is 0.0223. The Bertz CT molecular complexity index is 1100. The molecule has 5 heteroatoms. The van der Waals surface area contributed by atoms with Gasteiger partial charge in [0.15, 0.2) is 5.78 Å². The van der Waals surface area contributed by atoms with E-state index < -0.39 is 0 Å². The zero-order valence-electron chi connectivity index (χ0n) is 13.5. The summed E-state index contributed by atoms with van der Waals surface area (Å²) in [6.07, 6.45) is 5.28. The van der Waals surface area contributed by atoms with Gasteiger partial charge in [0, 0.05) is 41.0 Å². The van der Waals surface area contributed by atoms with Crippen molar-refractivity contribution in [1.29, 1.82) is 0 Å². The van der Waals surface area contributed by atoms with Crippen molar-refractivity contribution < 1.29 is 4.79 Å². The SMILES string of the molecule is CC(=O)c1cnc2ccc(-c3cccnc3-c3cccc(Cl)c3)cn12. The van der Waals surface area contributed by atoms with Gasteiger partial charge in [-0.1, -0.05) is 29.8 Å². The van der Waals surface area contributed by atoms with Crippen molar-refractivity contribution >= 4 is 23.0 Å². The Morgan fingerprint density at radius 1 is 1.04 bits per heavy atom. The maximum absolute atomic E-state index is 11.8. The Morgan fingerprint density at radius 2 is 1.92 bits per heavy atom. The molecule has 0 bridgehead atoms. The molecule has 3 heterocycles. The molecule has 0 aliphatic rings. The summed E-state index contributed by atoms with van der Waals surface area (Å²) < 4.78 is 1.81. The maximum atomic E-state index is 11.8. The minimum Gasteiger partial charge on any atom is -0.296 e. The topological polar surface area (TPSA) is 47.3 Å². The molecule has 1 aromatic carbocycles. The lowest BCUT2D eigenvalue weighted by molar-refractivity contribution is 0.101. The molecule has 25 heavy (non-hydrogen) atoms. The van der Waals surface area contributed by atoms with Gasteiger partial charge >= 0.3 is 0 Å². The van der Waals surface area contributed by atoms with Crippen LogP contribution >= 0.6 is 11.6 Å². The highest BCUT2D eigenvalue weighted by atomic mass is 35.5. The van der Waals surface area contributed by atoms with Crippen LogP contribution in [0.3, 0.4) is 0 Å². The summed E-state index contributed by atoms with van der Waals surface area (Å²) in [5.74, 6) is -0.0223. The van der Waals surface area contributed by atoms with Crippen LogP contribution in [0, 0.1) is 0 Å². The largest absolute Gasteiger partial charge is 0.296 e. The second-order valence-electron chi connectivity index (χ2n) is 5.76. The molecule has 0 saturated carbocycles. The molecule has 0 amide bonds. The van der Waals surface area contributed by atoms with Crippen LogP contribution in [0.25, 0.3) is 28.0 Å². The third kappa shape index (κ3) is 2.81. The second-order valence-corrected chi connectivity index (χ2v) is 6.19. The number of halogens is 1. The van der Waals surface area contributed by atoms with Crippen LogP contribution < -0.4 is 0 Å². The van der Waals surface area contributed by atoms with E-state index in [-0.39, 0.29) is 5.78 Å². The number of nitrogens with zero attached hydrogens (tertiary/aromatic N) is 3. The fourth-order valence-corrected chi connectivity index (χ4v) is 3.09. The van der Waals surface area contributed by atoms with Crippen molar-refractivity contribution in [3.05, 3.63) is 77.8 Å². The summed E-state index contributed by atoms with van der Waals surface area (Å²) in [5, 5.41) is 0.665. The molecule has 0 N–H and O–H groups in total. The van der Waals surface area contributed by atoms with E-state index in [0.717, 1.165) is 28.0 Å². The molecule has 0 spiro atoms. The first-order chi connectivity index (χ1) is 12.1. The van der Waals surface area contributed by atoms with Gasteiger partial charge < -0.3 is 0 Å². The number of benzene rings is 1. The highest BCUT2D eigenvalue weighted by molar-refractivity contribution is 6.30. The molecule has 0 fully saturated rings. The first kappa shape index (κ1) is 15.5. The standard InChI is InChI=1S/C20H14ClN3O/c1-13(25)18-11-23-19-8-7-15(12-24(18)19)17-6-3-9-22-20(17)14-4-2-5-16(21)10-14/h2-12H,1H3. The Kier molecular flexibility index (Phi) is 3.82. The fourth-order valence-electron chi connectivity index (χ4n) is 2.90. The van der Waals surface area contributed by atoms with Crippen LogP contribution in [0.2, 0.25) is 5.02 Å². The number of ketones is 1. The predicted molar refractivity (Wildman–Crippen MR) is 98.9 cm³/mol. The third-order valence-corrected chi connectivity index (χ3v) is 4.32. The van der Waals surface area contributed by atoms with E-state index in [1.165, 1.54) is 6.92 Å². The minimum atomic E-state index is -0.0223. The van der Waals surface area contributed by atoms with Gasteiger partial charge in [0.2, 0.25) is 0 Å². The van der Waals surface area contributed by atoms with Gasteiger partial charge in [-0.2, -0.15) is 0 Å². The molecule has 4 nitrogen and oxygen atoms in total. The predicted octanol–water partition coefficient (Wildman–Crippen LogP) is 4.92. The zero-order valence-corrected chi connectivity index (χ0v) is 14.2. The van der Waals surface area contributed by atoms with E-state index in [1.807, 2.05) is 59.1 Å². The van der Waals surface area contributed by atoms with E-state index in [9.17, 15) is 4.79 Å². The average Bonchev–Trinajstić information content (AvgIpc) is 3.05. The molecule has 3 aromatic heterocycles. The molecule has 0 saturated heterocycles. The summed E-state index contributed by atoms with van der Waals surface area (Å²) in [4.78, 5) is 20.6. The molecule has 4 rings (SSSR count). The van der Waals surface area contributed by atoms with Gasteiger partial charge in [-0.3, -0.25) is 14.2 Å². The number of carbonyl (C=O) groups is 1. The fraction of sp³-hybridized carbons (Fsp3) is 0.0500. The van der Waals surface area contributed by atoms with Gasteiger partial charge in [-0.15, -0.1) is 0 Å². The van der Waals surface area contributed by atoms with Crippen LogP contribution in [0.4, 0.5) is 0 Å². The molecule has 0 unspecified atom stereocenters. The number of rotatable bonds is 3. The van der Waals surface area contributed by atoms with E-state index in [1.54, 1.807) is 12.4 Å². The van der Waals surface area contributed by atoms with Crippen LogP contribution in [0.5, 0.6) is 0 Å². The summed E-state index contributed by atoms with van der Waals surface area (Å²) in [6.45, 7) is 1.54. The van der Waals surface area contributed by atoms with E-state index >= 15 is 0 Å². The van der Waals surface area contributed by atoms with Crippen LogP contribution in [-0.4, -0.2) is 20.2 Å². The van der Waals surface area contributed by atoms with Gasteiger partial charge in [0.05, 0.1) is 11.9 Å². The lowest BCUT2D eigenvalue weighted by atomic mass is 10.0. The lowest BCUT2D eigenvalue weighted by Gasteiger charge is -2.10. The summed E-state index contributed by atoms with van der Waals surface area (Å²) in [7, 11) is 0. The van der Waals surface area contributed by atoms with Crippen LogP contribution in [0.15, 0.2) is 67.1 Å². The molecular formula is C20H14ClN3O. The molecular weight excluding hydrogens is 334 g/mol. The number of imidazole rings is 1. The Morgan fingerprint density at radius 3 is 2.72 bits per heavy atom. The molecule has 0 aliphatic heterocycles.